The van der Waals surface area contributed by atoms with Gasteiger partial charge in [0.05, 0.1) is 10.2 Å². The lowest BCUT2D eigenvalue weighted by Crippen LogP contribution is -2.20. The van der Waals surface area contributed by atoms with Crippen molar-refractivity contribution in [2.75, 3.05) is 11.9 Å². The number of aromatic amines is 1. The van der Waals surface area contributed by atoms with Gasteiger partial charge in [-0.2, -0.15) is 0 Å². The van der Waals surface area contributed by atoms with Crippen LogP contribution in [0.4, 0.5) is 5.69 Å². The van der Waals surface area contributed by atoms with Crippen molar-refractivity contribution in [3.63, 3.8) is 0 Å². The van der Waals surface area contributed by atoms with E-state index in [1.54, 1.807) is 18.2 Å². The van der Waals surface area contributed by atoms with Crippen molar-refractivity contribution in [2.24, 2.45) is 0 Å². The molecule has 0 aliphatic carbocycles. The topological polar surface area (TPSA) is 71.2 Å². The van der Waals surface area contributed by atoms with Crippen LogP contribution in [0.1, 0.15) is 5.56 Å². The molecule has 0 aliphatic rings. The first-order chi connectivity index (χ1) is 10.6. The van der Waals surface area contributed by atoms with Gasteiger partial charge in [-0.1, -0.05) is 29.5 Å². The number of fused-ring (bicyclic) bond motifs is 1. The summed E-state index contributed by atoms with van der Waals surface area (Å²) >= 11 is 1.11. The molecule has 1 aromatic heterocycles. The number of benzene rings is 2. The summed E-state index contributed by atoms with van der Waals surface area (Å²) in [6, 6.07) is 12.8. The smallest absolute Gasteiger partial charge is 0.305 e. The highest BCUT2D eigenvalue weighted by Crippen LogP contribution is 2.20. The van der Waals surface area contributed by atoms with Crippen LogP contribution in [0.15, 0.2) is 47.3 Å². The number of carbonyl (C=O) groups is 1. The van der Waals surface area contributed by atoms with Gasteiger partial charge in [0.2, 0.25) is 0 Å². The Hall–Kier alpha value is -2.60. The molecule has 0 spiro atoms. The van der Waals surface area contributed by atoms with Crippen molar-refractivity contribution in [2.45, 2.75) is 6.92 Å². The lowest BCUT2D eigenvalue weighted by Gasteiger charge is -2.09. The van der Waals surface area contributed by atoms with Gasteiger partial charge in [0, 0.05) is 5.69 Å². The Morgan fingerprint density at radius 1 is 1.27 bits per heavy atom. The van der Waals surface area contributed by atoms with E-state index in [4.69, 9.17) is 4.74 Å². The van der Waals surface area contributed by atoms with Gasteiger partial charge in [-0.25, -0.2) is 0 Å². The largest absolute Gasteiger partial charge is 0.483 e. The maximum atomic E-state index is 11.9. The fourth-order valence-electron chi connectivity index (χ4n) is 2.08. The number of carbonyl (C=O) groups excluding carboxylic acids is 1. The molecular formula is C16H14N2O3S. The molecule has 0 radical (unpaired) electrons. The SMILES string of the molecule is Cc1ccccc1OCC(=O)Nc1ccc2[nH]c(=O)sc2c1. The number of nitrogens with one attached hydrogen (secondary N) is 2. The molecule has 1 amide bonds. The lowest BCUT2D eigenvalue weighted by molar-refractivity contribution is -0.118. The molecule has 1 heterocycles. The zero-order valence-corrected chi connectivity index (χ0v) is 12.7. The van der Waals surface area contributed by atoms with E-state index in [0.717, 1.165) is 27.1 Å². The van der Waals surface area contributed by atoms with Crippen LogP contribution in [0.25, 0.3) is 10.2 Å². The molecule has 0 bridgehead atoms. The number of anilines is 1. The summed E-state index contributed by atoms with van der Waals surface area (Å²) in [5, 5.41) is 2.76. The Bertz CT molecular complexity index is 882. The van der Waals surface area contributed by atoms with E-state index in [1.165, 1.54) is 0 Å². The van der Waals surface area contributed by atoms with Crippen LogP contribution in [0, 0.1) is 6.92 Å². The van der Waals surface area contributed by atoms with Crippen molar-refractivity contribution in [1.82, 2.24) is 4.98 Å². The van der Waals surface area contributed by atoms with E-state index >= 15 is 0 Å². The van der Waals surface area contributed by atoms with Crippen LogP contribution < -0.4 is 14.9 Å². The van der Waals surface area contributed by atoms with E-state index in [0.29, 0.717) is 11.4 Å². The first-order valence-electron chi connectivity index (χ1n) is 6.73. The number of thiazole rings is 1. The molecule has 3 aromatic rings. The fourth-order valence-corrected chi connectivity index (χ4v) is 2.86. The summed E-state index contributed by atoms with van der Waals surface area (Å²) in [4.78, 5) is 25.8. The van der Waals surface area contributed by atoms with Crippen molar-refractivity contribution in [3.05, 3.63) is 57.7 Å². The quantitative estimate of drug-likeness (QED) is 0.778. The summed E-state index contributed by atoms with van der Waals surface area (Å²) in [5.74, 6) is 0.447. The molecule has 6 heteroatoms. The third-order valence-electron chi connectivity index (χ3n) is 3.16. The third-order valence-corrected chi connectivity index (χ3v) is 4.00. The summed E-state index contributed by atoms with van der Waals surface area (Å²) in [6.45, 7) is 1.86. The third kappa shape index (κ3) is 3.17. The number of para-hydroxylation sites is 1. The maximum Gasteiger partial charge on any atom is 0.305 e. The monoisotopic (exact) mass is 314 g/mol. The lowest BCUT2D eigenvalue weighted by atomic mass is 10.2. The molecule has 112 valence electrons. The van der Waals surface area contributed by atoms with E-state index in [-0.39, 0.29) is 17.4 Å². The Morgan fingerprint density at radius 3 is 2.91 bits per heavy atom. The van der Waals surface area contributed by atoms with E-state index in [1.807, 2.05) is 31.2 Å². The Labute approximate surface area is 130 Å². The number of hydrogen-bond acceptors (Lipinski definition) is 4. The number of rotatable bonds is 4. The van der Waals surface area contributed by atoms with Crippen molar-refractivity contribution < 1.29 is 9.53 Å². The standard InChI is InChI=1S/C16H14N2O3S/c1-10-4-2-3-5-13(10)21-9-15(19)17-11-6-7-12-14(8-11)22-16(20)18-12/h2-8H,9H2,1H3,(H,17,19)(H,18,20). The number of amides is 1. The minimum absolute atomic E-state index is 0.0632. The van der Waals surface area contributed by atoms with Crippen LogP contribution in [0.3, 0.4) is 0 Å². The van der Waals surface area contributed by atoms with Gasteiger partial charge < -0.3 is 15.0 Å². The number of hydrogen-bond donors (Lipinski definition) is 2. The molecule has 0 atom stereocenters. The second-order valence-electron chi connectivity index (χ2n) is 4.83. The van der Waals surface area contributed by atoms with E-state index in [2.05, 4.69) is 10.3 Å². The summed E-state index contributed by atoms with van der Waals surface area (Å²) < 4.78 is 6.30. The molecule has 0 saturated heterocycles. The zero-order chi connectivity index (χ0) is 15.5. The van der Waals surface area contributed by atoms with Crippen LogP contribution in [-0.4, -0.2) is 17.5 Å². The predicted octanol–water partition coefficient (Wildman–Crippen LogP) is 2.92. The molecule has 0 unspecified atom stereocenters. The van der Waals surface area contributed by atoms with Gasteiger partial charge in [-0.3, -0.25) is 9.59 Å². The molecule has 0 fully saturated rings. The fraction of sp³-hybridized carbons (Fsp3) is 0.125. The van der Waals surface area contributed by atoms with Gasteiger partial charge >= 0.3 is 4.87 Å². The number of ether oxygens (including phenoxy) is 1. The van der Waals surface area contributed by atoms with Crippen LogP contribution in [-0.2, 0) is 4.79 Å². The molecule has 3 rings (SSSR count). The molecule has 0 saturated carbocycles. The second-order valence-corrected chi connectivity index (χ2v) is 5.84. The molecular weight excluding hydrogens is 300 g/mol. The Balaban J connectivity index is 1.65. The Morgan fingerprint density at radius 2 is 2.09 bits per heavy atom. The van der Waals surface area contributed by atoms with E-state index < -0.39 is 0 Å². The van der Waals surface area contributed by atoms with E-state index in [9.17, 15) is 9.59 Å². The molecule has 0 aliphatic heterocycles. The van der Waals surface area contributed by atoms with Gasteiger partial charge in [-0.15, -0.1) is 0 Å². The number of aryl methyl sites for hydroxylation is 1. The summed E-state index contributed by atoms with van der Waals surface area (Å²) in [5.41, 5.74) is 2.39. The maximum absolute atomic E-state index is 11.9. The predicted molar refractivity (Wildman–Crippen MR) is 87.7 cm³/mol. The average molecular weight is 314 g/mol. The summed E-state index contributed by atoms with van der Waals surface area (Å²) in [7, 11) is 0. The number of H-pyrrole nitrogens is 1. The Kier molecular flexibility index (Phi) is 3.93. The molecule has 2 aromatic carbocycles. The molecule has 2 N–H and O–H groups in total. The highest BCUT2D eigenvalue weighted by molar-refractivity contribution is 7.16. The zero-order valence-electron chi connectivity index (χ0n) is 11.9. The van der Waals surface area contributed by atoms with Crippen molar-refractivity contribution in [3.8, 4) is 5.75 Å². The van der Waals surface area contributed by atoms with Gasteiger partial charge in [0.15, 0.2) is 6.61 Å². The van der Waals surface area contributed by atoms with Gasteiger partial charge in [0.1, 0.15) is 5.75 Å². The first kappa shape index (κ1) is 14.3. The molecule has 22 heavy (non-hydrogen) atoms. The highest BCUT2D eigenvalue weighted by atomic mass is 32.1. The summed E-state index contributed by atoms with van der Waals surface area (Å²) in [6.07, 6.45) is 0. The van der Waals surface area contributed by atoms with Crippen molar-refractivity contribution in [1.29, 1.82) is 0 Å². The van der Waals surface area contributed by atoms with Crippen molar-refractivity contribution >= 4 is 33.1 Å². The normalized spacial score (nSPS) is 10.6. The minimum atomic E-state index is -0.245. The van der Waals surface area contributed by atoms with Crippen LogP contribution in [0.2, 0.25) is 0 Å². The minimum Gasteiger partial charge on any atom is -0.483 e. The molecule has 5 nitrogen and oxygen atoms in total. The number of aromatic nitrogens is 1. The highest BCUT2D eigenvalue weighted by Gasteiger charge is 2.07. The first-order valence-corrected chi connectivity index (χ1v) is 7.54. The second kappa shape index (κ2) is 6.03. The van der Waals surface area contributed by atoms with Crippen LogP contribution >= 0.6 is 11.3 Å². The van der Waals surface area contributed by atoms with Crippen LogP contribution in [0.5, 0.6) is 5.75 Å². The van der Waals surface area contributed by atoms with Gasteiger partial charge in [0.25, 0.3) is 5.91 Å². The van der Waals surface area contributed by atoms with Gasteiger partial charge in [-0.05, 0) is 36.8 Å². The average Bonchev–Trinajstić information content (AvgIpc) is 2.86.